The van der Waals surface area contributed by atoms with Gasteiger partial charge in [-0.25, -0.2) is 9.98 Å². The normalized spacial score (nSPS) is 17.3. The Labute approximate surface area is 185 Å². The van der Waals surface area contributed by atoms with Gasteiger partial charge in [0.05, 0.1) is 19.8 Å². The first kappa shape index (κ1) is 25.4. The minimum Gasteiger partial charge on any atom is -0.379 e. The van der Waals surface area contributed by atoms with E-state index in [-0.39, 0.29) is 30.5 Å². The van der Waals surface area contributed by atoms with E-state index in [1.54, 1.807) is 0 Å². The third-order valence-corrected chi connectivity index (χ3v) is 5.16. The van der Waals surface area contributed by atoms with E-state index < -0.39 is 11.9 Å². The van der Waals surface area contributed by atoms with Crippen molar-refractivity contribution < 1.29 is 17.9 Å². The van der Waals surface area contributed by atoms with Gasteiger partial charge in [0, 0.05) is 37.6 Å². The average molecular weight is 535 g/mol. The summed E-state index contributed by atoms with van der Waals surface area (Å²) in [6.45, 7) is 11.1. The van der Waals surface area contributed by atoms with Crippen molar-refractivity contribution in [1.82, 2.24) is 20.5 Å². The molecule has 0 bridgehead atoms. The fraction of sp³-hybridized carbons (Fsp3) is 0.765. The van der Waals surface area contributed by atoms with Crippen molar-refractivity contribution in [2.75, 3.05) is 39.4 Å². The van der Waals surface area contributed by atoms with Crippen LogP contribution in [0.2, 0.25) is 0 Å². The molecule has 1 unspecified atom stereocenters. The zero-order valence-corrected chi connectivity index (χ0v) is 19.5. The summed E-state index contributed by atoms with van der Waals surface area (Å²) < 4.78 is 43.4. The fourth-order valence-electron chi connectivity index (χ4n) is 2.90. The topological polar surface area (TPSA) is 61.8 Å². The monoisotopic (exact) mass is 535 g/mol. The van der Waals surface area contributed by atoms with Gasteiger partial charge in [-0.15, -0.1) is 35.3 Å². The molecule has 0 saturated carbocycles. The van der Waals surface area contributed by atoms with Gasteiger partial charge in [-0.3, -0.25) is 4.90 Å². The second-order valence-electron chi connectivity index (χ2n) is 6.66. The molecule has 6 nitrogen and oxygen atoms in total. The Balaban J connectivity index is 0.00000392. The first-order chi connectivity index (χ1) is 12.8. The molecule has 1 aliphatic heterocycles. The highest BCUT2D eigenvalue weighted by Gasteiger charge is 2.33. The van der Waals surface area contributed by atoms with E-state index in [4.69, 9.17) is 4.74 Å². The van der Waals surface area contributed by atoms with Gasteiger partial charge in [-0.2, -0.15) is 13.2 Å². The number of rotatable bonds is 7. The van der Waals surface area contributed by atoms with Gasteiger partial charge >= 0.3 is 6.18 Å². The Morgan fingerprint density at radius 3 is 2.54 bits per heavy atom. The van der Waals surface area contributed by atoms with Crippen molar-refractivity contribution in [3.8, 4) is 0 Å². The van der Waals surface area contributed by atoms with Gasteiger partial charge in [0.2, 0.25) is 0 Å². The maximum Gasteiger partial charge on any atom is 0.434 e. The van der Waals surface area contributed by atoms with E-state index in [1.807, 2.05) is 6.92 Å². The summed E-state index contributed by atoms with van der Waals surface area (Å²) in [7, 11) is 0. The summed E-state index contributed by atoms with van der Waals surface area (Å²) in [5.74, 6) is 1.03. The Bertz CT molecular complexity index is 606. The molecule has 2 heterocycles. The van der Waals surface area contributed by atoms with Crippen LogP contribution in [0.5, 0.6) is 0 Å². The van der Waals surface area contributed by atoms with E-state index in [1.165, 1.54) is 0 Å². The number of hydrogen-bond acceptors (Lipinski definition) is 5. The summed E-state index contributed by atoms with van der Waals surface area (Å²) in [6.07, 6.45) is -4.41. The molecule has 162 valence electrons. The molecule has 0 spiro atoms. The van der Waals surface area contributed by atoms with Gasteiger partial charge in [-0.05, 0) is 12.8 Å². The van der Waals surface area contributed by atoms with Crippen LogP contribution < -0.4 is 10.6 Å². The number of nitrogens with one attached hydrogen (secondary N) is 2. The van der Waals surface area contributed by atoms with Crippen LogP contribution in [-0.2, 0) is 17.5 Å². The quantitative estimate of drug-likeness (QED) is 0.319. The lowest BCUT2D eigenvalue weighted by Crippen LogP contribution is -2.52. The Kier molecular flexibility index (Phi) is 11.0. The zero-order valence-electron chi connectivity index (χ0n) is 16.4. The molecule has 0 amide bonds. The molecule has 2 rings (SSSR count). The van der Waals surface area contributed by atoms with Crippen LogP contribution in [0.1, 0.15) is 31.5 Å². The van der Waals surface area contributed by atoms with Crippen LogP contribution in [0.3, 0.4) is 0 Å². The summed E-state index contributed by atoms with van der Waals surface area (Å²) in [5.41, 5.74) is -0.858. The maximum atomic E-state index is 12.7. The number of hydrogen-bond donors (Lipinski definition) is 2. The van der Waals surface area contributed by atoms with Crippen LogP contribution in [0.25, 0.3) is 0 Å². The van der Waals surface area contributed by atoms with E-state index in [2.05, 4.69) is 39.4 Å². The standard InChI is InChI=1S/C17H28F3N5OS.HI/c1-4-21-16(23-10-15-24-14(11-27-15)17(18,19)20)22-9-13(12(2)3)25-5-7-26-8-6-25;/h11-13H,4-10H2,1-3H3,(H2,21,22,23);1H. The average Bonchev–Trinajstić information content (AvgIpc) is 3.10. The molecule has 1 fully saturated rings. The minimum absolute atomic E-state index is 0. The summed E-state index contributed by atoms with van der Waals surface area (Å²) in [6, 6.07) is 0.328. The number of aliphatic imine (C=N–C) groups is 1. The number of morpholine rings is 1. The first-order valence-electron chi connectivity index (χ1n) is 9.16. The van der Waals surface area contributed by atoms with E-state index in [0.717, 1.165) is 43.0 Å². The predicted octanol–water partition coefficient (Wildman–Crippen LogP) is 3.19. The Morgan fingerprint density at radius 2 is 2.00 bits per heavy atom. The van der Waals surface area contributed by atoms with Gasteiger partial charge in [0.25, 0.3) is 0 Å². The van der Waals surface area contributed by atoms with Crippen molar-refractivity contribution in [3.63, 3.8) is 0 Å². The van der Waals surface area contributed by atoms with Crippen molar-refractivity contribution in [2.45, 2.75) is 39.5 Å². The van der Waals surface area contributed by atoms with Crippen LogP contribution in [-0.4, -0.2) is 61.3 Å². The highest BCUT2D eigenvalue weighted by molar-refractivity contribution is 14.0. The van der Waals surface area contributed by atoms with Gasteiger partial charge in [0.15, 0.2) is 11.7 Å². The number of alkyl halides is 3. The molecule has 1 saturated heterocycles. The molecule has 28 heavy (non-hydrogen) atoms. The molecule has 11 heteroatoms. The van der Waals surface area contributed by atoms with E-state index >= 15 is 0 Å². The number of halogens is 4. The molecule has 1 aromatic rings. The van der Waals surface area contributed by atoms with Crippen molar-refractivity contribution >= 4 is 41.3 Å². The fourth-order valence-corrected chi connectivity index (χ4v) is 3.62. The summed E-state index contributed by atoms with van der Waals surface area (Å²) in [5, 5.41) is 7.82. The summed E-state index contributed by atoms with van der Waals surface area (Å²) >= 11 is 0.973. The van der Waals surface area contributed by atoms with Crippen LogP contribution in [0, 0.1) is 5.92 Å². The highest BCUT2D eigenvalue weighted by atomic mass is 127. The number of aromatic nitrogens is 1. The number of nitrogens with zero attached hydrogens (tertiary/aromatic N) is 3. The maximum absolute atomic E-state index is 12.7. The van der Waals surface area contributed by atoms with Crippen LogP contribution >= 0.6 is 35.3 Å². The first-order valence-corrected chi connectivity index (χ1v) is 10.0. The summed E-state index contributed by atoms with van der Waals surface area (Å²) in [4.78, 5) is 10.4. The molecule has 0 radical (unpaired) electrons. The van der Waals surface area contributed by atoms with E-state index in [0.29, 0.717) is 36.0 Å². The smallest absolute Gasteiger partial charge is 0.379 e. The molecular weight excluding hydrogens is 506 g/mol. The molecule has 1 aliphatic rings. The molecular formula is C17H29F3IN5OS. The third-order valence-electron chi connectivity index (χ3n) is 4.32. The largest absolute Gasteiger partial charge is 0.434 e. The van der Waals surface area contributed by atoms with Crippen molar-refractivity contribution in [3.05, 3.63) is 16.1 Å². The highest BCUT2D eigenvalue weighted by Crippen LogP contribution is 2.30. The second kappa shape index (κ2) is 12.1. The lowest BCUT2D eigenvalue weighted by molar-refractivity contribution is -0.140. The number of ether oxygens (including phenoxy) is 1. The van der Waals surface area contributed by atoms with Crippen molar-refractivity contribution in [1.29, 1.82) is 0 Å². The SMILES string of the molecule is CCNC(=NCc1nc(C(F)(F)F)cs1)NCC(C(C)C)N1CCOCC1.I. The molecule has 0 aromatic carbocycles. The predicted molar refractivity (Wildman–Crippen MR) is 116 cm³/mol. The van der Waals surface area contributed by atoms with Gasteiger partial charge < -0.3 is 15.4 Å². The number of thiazole rings is 1. The molecule has 1 aromatic heterocycles. The van der Waals surface area contributed by atoms with E-state index in [9.17, 15) is 13.2 Å². The Morgan fingerprint density at radius 1 is 1.32 bits per heavy atom. The lowest BCUT2D eigenvalue weighted by Gasteiger charge is -2.37. The van der Waals surface area contributed by atoms with Gasteiger partial charge in [0.1, 0.15) is 5.01 Å². The molecule has 0 aliphatic carbocycles. The van der Waals surface area contributed by atoms with Gasteiger partial charge in [-0.1, -0.05) is 13.8 Å². The molecule has 2 N–H and O–H groups in total. The minimum atomic E-state index is -4.41. The second-order valence-corrected chi connectivity index (χ2v) is 7.60. The van der Waals surface area contributed by atoms with Crippen LogP contribution in [0.15, 0.2) is 10.4 Å². The Hall–Kier alpha value is -0.660. The number of guanidine groups is 1. The third kappa shape index (κ3) is 7.99. The van der Waals surface area contributed by atoms with Crippen molar-refractivity contribution in [2.24, 2.45) is 10.9 Å². The molecule has 1 atom stereocenters. The zero-order chi connectivity index (χ0) is 19.9. The van der Waals surface area contributed by atoms with Crippen LogP contribution in [0.4, 0.5) is 13.2 Å². The lowest BCUT2D eigenvalue weighted by atomic mass is 10.0.